The van der Waals surface area contributed by atoms with E-state index in [1.165, 1.54) is 0 Å². The molecule has 0 aliphatic rings. The van der Waals surface area contributed by atoms with Gasteiger partial charge < -0.3 is 20.7 Å². The van der Waals surface area contributed by atoms with E-state index < -0.39 is 12.1 Å². The summed E-state index contributed by atoms with van der Waals surface area (Å²) in [5.74, 6) is 0.595. The van der Waals surface area contributed by atoms with Crippen LogP contribution in [0.15, 0.2) is 18.2 Å². The van der Waals surface area contributed by atoms with E-state index in [9.17, 15) is 9.59 Å². The van der Waals surface area contributed by atoms with Gasteiger partial charge in [0, 0.05) is 11.7 Å². The second kappa shape index (κ2) is 9.02. The van der Waals surface area contributed by atoms with E-state index in [0.29, 0.717) is 12.3 Å². The summed E-state index contributed by atoms with van der Waals surface area (Å²) in [4.78, 5) is 23.9. The van der Waals surface area contributed by atoms with Gasteiger partial charge in [-0.15, -0.1) is 0 Å². The smallest absolute Gasteiger partial charge is 0.319 e. The van der Waals surface area contributed by atoms with E-state index >= 15 is 0 Å². The summed E-state index contributed by atoms with van der Waals surface area (Å²) in [6.45, 7) is 10.00. The number of nitrogens with one attached hydrogen (secondary N) is 3. The zero-order valence-corrected chi connectivity index (χ0v) is 14.5. The van der Waals surface area contributed by atoms with Crippen LogP contribution in [0.3, 0.4) is 0 Å². The number of aryl methyl sites for hydroxylation is 1. The fraction of sp³-hybridized carbons (Fsp3) is 0.529. The van der Waals surface area contributed by atoms with Gasteiger partial charge in [-0.2, -0.15) is 0 Å². The molecule has 3 amide bonds. The lowest BCUT2D eigenvalue weighted by molar-refractivity contribution is -0.123. The molecule has 0 aliphatic heterocycles. The Bertz CT molecular complexity index is 546. The Hall–Kier alpha value is -2.24. The van der Waals surface area contributed by atoms with Crippen molar-refractivity contribution in [3.63, 3.8) is 0 Å². The van der Waals surface area contributed by atoms with E-state index in [2.05, 4.69) is 16.0 Å². The summed E-state index contributed by atoms with van der Waals surface area (Å²) in [5.41, 5.74) is 1.59. The Labute approximate surface area is 138 Å². The molecule has 23 heavy (non-hydrogen) atoms. The van der Waals surface area contributed by atoms with Gasteiger partial charge in [0.1, 0.15) is 11.8 Å². The molecule has 0 aliphatic carbocycles. The number of hydrogen-bond donors (Lipinski definition) is 3. The third-order valence-corrected chi connectivity index (χ3v) is 3.47. The highest BCUT2D eigenvalue weighted by Gasteiger charge is 2.17. The molecule has 1 aromatic carbocycles. The van der Waals surface area contributed by atoms with Gasteiger partial charge in [0.25, 0.3) is 0 Å². The summed E-state index contributed by atoms with van der Waals surface area (Å²) < 4.78 is 5.46. The van der Waals surface area contributed by atoms with Crippen LogP contribution >= 0.6 is 0 Å². The van der Waals surface area contributed by atoms with Crippen molar-refractivity contribution in [2.75, 3.05) is 11.9 Å². The first-order chi connectivity index (χ1) is 10.9. The zero-order chi connectivity index (χ0) is 17.4. The van der Waals surface area contributed by atoms with Crippen LogP contribution in [0.5, 0.6) is 5.75 Å². The lowest BCUT2D eigenvalue weighted by atomic mass is 10.2. The lowest BCUT2D eigenvalue weighted by Crippen LogP contribution is -2.48. The van der Waals surface area contributed by atoms with Crippen molar-refractivity contribution in [1.29, 1.82) is 0 Å². The summed E-state index contributed by atoms with van der Waals surface area (Å²) in [5, 5.41) is 8.17. The number of carbonyl (C=O) groups excluding carboxylic acids is 2. The van der Waals surface area contributed by atoms with Crippen LogP contribution in [-0.2, 0) is 4.79 Å². The van der Waals surface area contributed by atoms with Crippen molar-refractivity contribution < 1.29 is 14.3 Å². The Morgan fingerprint density at radius 1 is 1.17 bits per heavy atom. The molecular weight excluding hydrogens is 294 g/mol. The van der Waals surface area contributed by atoms with E-state index in [-0.39, 0.29) is 11.9 Å². The number of rotatable bonds is 7. The summed E-state index contributed by atoms with van der Waals surface area (Å²) in [6, 6.07) is 4.47. The van der Waals surface area contributed by atoms with Crippen LogP contribution in [0.1, 0.15) is 39.7 Å². The van der Waals surface area contributed by atoms with Crippen LogP contribution in [0.25, 0.3) is 0 Å². The minimum absolute atomic E-state index is 0.0866. The molecule has 2 atom stereocenters. The standard InChI is InChI=1S/C17H27N3O3/c1-6-12(4)18-16(21)13(5)19-17(22)20-14-8-9-15(23-7-2)11(3)10-14/h8-10,12-13H,6-7H2,1-5H3,(H,18,21)(H2,19,20,22)/t12-,13+/m1/s1. The predicted molar refractivity (Wildman–Crippen MR) is 91.9 cm³/mol. The molecule has 0 bridgehead atoms. The van der Waals surface area contributed by atoms with E-state index in [1.54, 1.807) is 13.0 Å². The number of benzene rings is 1. The molecule has 1 aromatic rings. The molecule has 0 unspecified atom stereocenters. The van der Waals surface area contributed by atoms with Crippen molar-refractivity contribution in [2.24, 2.45) is 0 Å². The maximum atomic E-state index is 12.0. The second-order valence-electron chi connectivity index (χ2n) is 5.55. The normalized spacial score (nSPS) is 12.9. The number of anilines is 1. The van der Waals surface area contributed by atoms with Crippen LogP contribution < -0.4 is 20.7 Å². The second-order valence-corrected chi connectivity index (χ2v) is 5.55. The van der Waals surface area contributed by atoms with Gasteiger partial charge >= 0.3 is 6.03 Å². The molecule has 3 N–H and O–H groups in total. The Morgan fingerprint density at radius 3 is 2.43 bits per heavy atom. The van der Waals surface area contributed by atoms with Crippen molar-refractivity contribution in [3.05, 3.63) is 23.8 Å². The first kappa shape index (κ1) is 18.8. The van der Waals surface area contributed by atoms with E-state index in [1.807, 2.05) is 39.8 Å². The largest absolute Gasteiger partial charge is 0.494 e. The Kier molecular flexibility index (Phi) is 7.38. The predicted octanol–water partition coefficient (Wildman–Crippen LogP) is 2.82. The maximum absolute atomic E-state index is 12.0. The fourth-order valence-electron chi connectivity index (χ4n) is 1.94. The molecule has 0 heterocycles. The molecule has 0 saturated heterocycles. The van der Waals surface area contributed by atoms with Gasteiger partial charge in [0.05, 0.1) is 6.61 Å². The average molecular weight is 321 g/mol. The van der Waals surface area contributed by atoms with Crippen molar-refractivity contribution in [3.8, 4) is 5.75 Å². The van der Waals surface area contributed by atoms with Crippen LogP contribution in [0, 0.1) is 6.92 Å². The third-order valence-electron chi connectivity index (χ3n) is 3.47. The van der Waals surface area contributed by atoms with Gasteiger partial charge in [-0.05, 0) is 57.9 Å². The highest BCUT2D eigenvalue weighted by Crippen LogP contribution is 2.21. The molecule has 0 saturated carbocycles. The average Bonchev–Trinajstić information content (AvgIpc) is 2.49. The first-order valence-electron chi connectivity index (χ1n) is 7.98. The van der Waals surface area contributed by atoms with Gasteiger partial charge in [0.2, 0.25) is 5.91 Å². The number of urea groups is 1. The minimum Gasteiger partial charge on any atom is -0.494 e. The van der Waals surface area contributed by atoms with Crippen LogP contribution in [0.4, 0.5) is 10.5 Å². The van der Waals surface area contributed by atoms with Gasteiger partial charge in [0.15, 0.2) is 0 Å². The summed E-state index contributed by atoms with van der Waals surface area (Å²) in [7, 11) is 0. The number of ether oxygens (including phenoxy) is 1. The van der Waals surface area contributed by atoms with Crippen molar-refractivity contribution in [2.45, 2.75) is 53.1 Å². The maximum Gasteiger partial charge on any atom is 0.319 e. The molecule has 0 spiro atoms. The number of hydrogen-bond acceptors (Lipinski definition) is 3. The zero-order valence-electron chi connectivity index (χ0n) is 14.5. The van der Waals surface area contributed by atoms with Gasteiger partial charge in [-0.3, -0.25) is 4.79 Å². The van der Waals surface area contributed by atoms with Gasteiger partial charge in [-0.1, -0.05) is 6.92 Å². The Balaban J connectivity index is 2.56. The van der Waals surface area contributed by atoms with Crippen LogP contribution in [0.2, 0.25) is 0 Å². The topological polar surface area (TPSA) is 79.5 Å². The molecule has 0 aromatic heterocycles. The number of carbonyl (C=O) groups is 2. The molecule has 6 nitrogen and oxygen atoms in total. The summed E-state index contributed by atoms with van der Waals surface area (Å²) in [6.07, 6.45) is 0.843. The quantitative estimate of drug-likeness (QED) is 0.722. The van der Waals surface area contributed by atoms with Crippen molar-refractivity contribution in [1.82, 2.24) is 10.6 Å². The van der Waals surface area contributed by atoms with Crippen LogP contribution in [-0.4, -0.2) is 30.6 Å². The molecule has 1 rings (SSSR count). The molecule has 0 fully saturated rings. The summed E-state index contributed by atoms with van der Waals surface area (Å²) >= 11 is 0. The minimum atomic E-state index is -0.604. The van der Waals surface area contributed by atoms with Gasteiger partial charge in [-0.25, -0.2) is 4.79 Å². The number of amides is 3. The van der Waals surface area contributed by atoms with E-state index in [0.717, 1.165) is 17.7 Å². The highest BCUT2D eigenvalue weighted by molar-refractivity contribution is 5.93. The first-order valence-corrected chi connectivity index (χ1v) is 7.98. The van der Waals surface area contributed by atoms with Crippen molar-refractivity contribution >= 4 is 17.6 Å². The molecular formula is C17H27N3O3. The molecule has 6 heteroatoms. The third kappa shape index (κ3) is 6.18. The van der Waals surface area contributed by atoms with E-state index in [4.69, 9.17) is 4.74 Å². The molecule has 128 valence electrons. The monoisotopic (exact) mass is 321 g/mol. The SMILES string of the molecule is CCOc1ccc(NC(=O)N[C@@H](C)C(=O)N[C@H](C)CC)cc1C. The Morgan fingerprint density at radius 2 is 1.87 bits per heavy atom. The fourth-order valence-corrected chi connectivity index (χ4v) is 1.94. The highest BCUT2D eigenvalue weighted by atomic mass is 16.5. The lowest BCUT2D eigenvalue weighted by Gasteiger charge is -2.18. The molecule has 0 radical (unpaired) electrons.